The molecule has 0 atom stereocenters. The van der Waals surface area contributed by atoms with Crippen molar-refractivity contribution in [3.05, 3.63) is 47.8 Å². The van der Waals surface area contributed by atoms with Gasteiger partial charge in [0.2, 0.25) is 5.78 Å². The van der Waals surface area contributed by atoms with Crippen molar-refractivity contribution in [3.63, 3.8) is 0 Å². The lowest BCUT2D eigenvalue weighted by Crippen LogP contribution is -2.16. The van der Waals surface area contributed by atoms with E-state index in [4.69, 9.17) is 15.2 Å². The number of nitrogens with one attached hydrogen (secondary N) is 1. The molecule has 1 amide bonds. The van der Waals surface area contributed by atoms with E-state index < -0.39 is 5.91 Å². The Hall–Kier alpha value is -2.76. The Kier molecular flexibility index (Phi) is 4.05. The summed E-state index contributed by atoms with van der Waals surface area (Å²) in [5.41, 5.74) is 5.89. The third-order valence-corrected chi connectivity index (χ3v) is 2.71. The van der Waals surface area contributed by atoms with E-state index >= 15 is 0 Å². The van der Waals surface area contributed by atoms with Gasteiger partial charge in [-0.3, -0.25) is 9.59 Å². The summed E-state index contributed by atoms with van der Waals surface area (Å²) in [5.74, 6) is -0.128. The minimum Gasteiger partial charge on any atom is -0.497 e. The number of methoxy groups -OCH3 is 1. The van der Waals surface area contributed by atoms with Gasteiger partial charge < -0.3 is 20.2 Å². The number of carbonyl (C=O) groups is 2. The fourth-order valence-corrected chi connectivity index (χ4v) is 1.68. The number of ketones is 1. The molecule has 3 N–H and O–H groups in total. The Morgan fingerprint density at radius 3 is 2.70 bits per heavy atom. The van der Waals surface area contributed by atoms with E-state index in [2.05, 4.69) is 4.98 Å². The van der Waals surface area contributed by atoms with Crippen molar-refractivity contribution in [2.75, 3.05) is 13.7 Å². The van der Waals surface area contributed by atoms with Crippen molar-refractivity contribution in [3.8, 4) is 11.5 Å². The molecular formula is C14H14N2O4. The van der Waals surface area contributed by atoms with Gasteiger partial charge in [0.15, 0.2) is 6.61 Å². The normalized spacial score (nSPS) is 10.1. The topological polar surface area (TPSA) is 94.4 Å². The maximum Gasteiger partial charge on any atom is 0.252 e. The number of rotatable bonds is 6. The molecule has 20 heavy (non-hydrogen) atoms. The average Bonchev–Trinajstić information content (AvgIpc) is 2.98. The molecule has 0 aliphatic rings. The van der Waals surface area contributed by atoms with E-state index in [0.29, 0.717) is 11.4 Å². The summed E-state index contributed by atoms with van der Waals surface area (Å²) in [6.45, 7) is -0.200. The van der Waals surface area contributed by atoms with Gasteiger partial charge in [-0.15, -0.1) is 0 Å². The van der Waals surface area contributed by atoms with Gasteiger partial charge in [-0.1, -0.05) is 0 Å². The zero-order valence-corrected chi connectivity index (χ0v) is 10.9. The minimum atomic E-state index is -0.630. The van der Waals surface area contributed by atoms with E-state index in [1.165, 1.54) is 19.2 Å². The Bertz CT molecular complexity index is 620. The maximum atomic E-state index is 11.8. The third kappa shape index (κ3) is 2.97. The number of benzene rings is 1. The van der Waals surface area contributed by atoms with Crippen LogP contribution in [0.5, 0.6) is 11.5 Å². The second-order valence-corrected chi connectivity index (χ2v) is 4.02. The highest BCUT2D eigenvalue weighted by molar-refractivity contribution is 5.97. The fourth-order valence-electron chi connectivity index (χ4n) is 1.68. The maximum absolute atomic E-state index is 11.8. The van der Waals surface area contributed by atoms with E-state index in [0.717, 1.165) is 0 Å². The number of primary amides is 1. The molecule has 1 aromatic heterocycles. The molecule has 0 radical (unpaired) electrons. The van der Waals surface area contributed by atoms with Gasteiger partial charge in [-0.2, -0.15) is 0 Å². The first-order chi connectivity index (χ1) is 9.61. The molecule has 0 fully saturated rings. The van der Waals surface area contributed by atoms with Gasteiger partial charge in [-0.05, 0) is 24.3 Å². The SMILES string of the molecule is COc1ccc(C(N)=O)c(OCC(=O)c2ccc[nH]2)c1. The quantitative estimate of drug-likeness (QED) is 0.778. The summed E-state index contributed by atoms with van der Waals surface area (Å²) in [6.07, 6.45) is 1.65. The Morgan fingerprint density at radius 1 is 1.30 bits per heavy atom. The van der Waals surface area contributed by atoms with Crippen LogP contribution in [-0.4, -0.2) is 30.4 Å². The van der Waals surface area contributed by atoms with Crippen LogP contribution in [0.15, 0.2) is 36.5 Å². The summed E-state index contributed by atoms with van der Waals surface area (Å²) >= 11 is 0. The molecule has 2 aromatic rings. The van der Waals surface area contributed by atoms with E-state index in [1.54, 1.807) is 24.4 Å². The number of aromatic amines is 1. The lowest BCUT2D eigenvalue weighted by atomic mass is 10.2. The van der Waals surface area contributed by atoms with Crippen molar-refractivity contribution in [1.82, 2.24) is 4.98 Å². The molecule has 0 saturated heterocycles. The number of Topliss-reactive ketones (excluding diaryl/α,β-unsaturated/α-hetero) is 1. The number of nitrogens with two attached hydrogens (primary N) is 1. The summed E-state index contributed by atoms with van der Waals surface area (Å²) in [6, 6.07) is 7.97. The predicted octanol–water partition coefficient (Wildman–Crippen LogP) is 1.38. The number of amides is 1. The van der Waals surface area contributed by atoms with E-state index in [9.17, 15) is 9.59 Å². The summed E-state index contributed by atoms with van der Waals surface area (Å²) < 4.78 is 10.4. The molecule has 0 unspecified atom stereocenters. The largest absolute Gasteiger partial charge is 0.497 e. The predicted molar refractivity (Wildman–Crippen MR) is 72.1 cm³/mol. The smallest absolute Gasteiger partial charge is 0.252 e. The van der Waals surface area contributed by atoms with Crippen LogP contribution < -0.4 is 15.2 Å². The standard InChI is InChI=1S/C14H14N2O4/c1-19-9-4-5-10(14(15)18)13(7-9)20-8-12(17)11-3-2-6-16-11/h2-7,16H,8H2,1H3,(H2,15,18). The summed E-state index contributed by atoms with van der Waals surface area (Å²) in [4.78, 5) is 25.9. The molecule has 6 nitrogen and oxygen atoms in total. The van der Waals surface area contributed by atoms with Gasteiger partial charge in [-0.25, -0.2) is 0 Å². The number of hydrogen-bond donors (Lipinski definition) is 2. The molecule has 1 aromatic carbocycles. The highest BCUT2D eigenvalue weighted by Crippen LogP contribution is 2.24. The minimum absolute atomic E-state index is 0.199. The number of ether oxygens (including phenoxy) is 2. The van der Waals surface area contributed by atoms with Crippen molar-refractivity contribution < 1.29 is 19.1 Å². The van der Waals surface area contributed by atoms with E-state index in [-0.39, 0.29) is 23.7 Å². The summed E-state index contributed by atoms with van der Waals surface area (Å²) in [5, 5.41) is 0. The molecule has 0 bridgehead atoms. The van der Waals surface area contributed by atoms with Gasteiger partial charge in [0, 0.05) is 12.3 Å². The monoisotopic (exact) mass is 274 g/mol. The van der Waals surface area contributed by atoms with Crippen LogP contribution in [0.2, 0.25) is 0 Å². The first-order valence-corrected chi connectivity index (χ1v) is 5.89. The zero-order valence-electron chi connectivity index (χ0n) is 10.9. The zero-order chi connectivity index (χ0) is 14.5. The second kappa shape index (κ2) is 5.92. The highest BCUT2D eigenvalue weighted by atomic mass is 16.5. The van der Waals surface area contributed by atoms with Crippen molar-refractivity contribution in [2.24, 2.45) is 5.73 Å². The molecule has 1 heterocycles. The molecule has 6 heteroatoms. The first kappa shape index (κ1) is 13.7. The number of hydrogen-bond acceptors (Lipinski definition) is 4. The number of carbonyl (C=O) groups excluding carboxylic acids is 2. The Balaban J connectivity index is 2.15. The molecule has 2 rings (SSSR count). The van der Waals surface area contributed by atoms with Gasteiger partial charge in [0.25, 0.3) is 5.91 Å². The van der Waals surface area contributed by atoms with E-state index in [1.807, 2.05) is 0 Å². The van der Waals surface area contributed by atoms with Crippen molar-refractivity contribution >= 4 is 11.7 Å². The van der Waals surface area contributed by atoms with Crippen LogP contribution in [0, 0.1) is 0 Å². The van der Waals surface area contributed by atoms with Crippen molar-refractivity contribution in [2.45, 2.75) is 0 Å². The van der Waals surface area contributed by atoms with Crippen LogP contribution in [0.1, 0.15) is 20.8 Å². The second-order valence-electron chi connectivity index (χ2n) is 4.02. The van der Waals surface area contributed by atoms with Crippen LogP contribution in [-0.2, 0) is 0 Å². The molecule has 0 saturated carbocycles. The summed E-state index contributed by atoms with van der Waals surface area (Å²) in [7, 11) is 1.49. The van der Waals surface area contributed by atoms with Crippen LogP contribution in [0.4, 0.5) is 0 Å². The van der Waals surface area contributed by atoms with Crippen LogP contribution in [0.3, 0.4) is 0 Å². The van der Waals surface area contributed by atoms with Gasteiger partial charge in [0.05, 0.1) is 18.4 Å². The fraction of sp³-hybridized carbons (Fsp3) is 0.143. The van der Waals surface area contributed by atoms with Crippen LogP contribution in [0.25, 0.3) is 0 Å². The average molecular weight is 274 g/mol. The van der Waals surface area contributed by atoms with Gasteiger partial charge >= 0.3 is 0 Å². The number of aromatic nitrogens is 1. The Labute approximate surface area is 115 Å². The Morgan fingerprint density at radius 2 is 2.10 bits per heavy atom. The van der Waals surface area contributed by atoms with Crippen LogP contribution >= 0.6 is 0 Å². The lowest BCUT2D eigenvalue weighted by Gasteiger charge is -2.10. The van der Waals surface area contributed by atoms with Crippen molar-refractivity contribution in [1.29, 1.82) is 0 Å². The lowest BCUT2D eigenvalue weighted by molar-refractivity contribution is 0.0908. The number of H-pyrrole nitrogens is 1. The molecular weight excluding hydrogens is 260 g/mol. The molecule has 104 valence electrons. The van der Waals surface area contributed by atoms with Gasteiger partial charge in [0.1, 0.15) is 11.5 Å². The molecule has 0 aliphatic heterocycles. The molecule has 0 spiro atoms. The molecule has 0 aliphatic carbocycles. The highest BCUT2D eigenvalue weighted by Gasteiger charge is 2.13. The first-order valence-electron chi connectivity index (χ1n) is 5.89. The third-order valence-electron chi connectivity index (χ3n) is 2.71.